The molecule has 5 aromatic rings. The second-order valence-electron chi connectivity index (χ2n) is 11.0. The first-order chi connectivity index (χ1) is 19.6. The maximum absolute atomic E-state index is 13.8. The minimum atomic E-state index is -0.306. The van der Waals surface area contributed by atoms with Crippen LogP contribution in [0.4, 0.5) is 5.69 Å². The van der Waals surface area contributed by atoms with E-state index in [1.807, 2.05) is 35.4 Å². The molecule has 7 rings (SSSR count). The normalized spacial score (nSPS) is 19.1. The molecular weight excluding hydrogens is 516 g/mol. The fraction of sp³-hybridized carbons (Fsp3) is 0.273. The molecule has 1 atom stereocenters. The Kier molecular flexibility index (Phi) is 6.19. The first kappa shape index (κ1) is 25.0. The van der Waals surface area contributed by atoms with Gasteiger partial charge in [-0.1, -0.05) is 42.5 Å². The van der Waals surface area contributed by atoms with Crippen LogP contribution in [0.5, 0.6) is 0 Å². The topological polar surface area (TPSA) is 72.2 Å². The Bertz CT molecular complexity index is 1650. The zero-order valence-electron chi connectivity index (χ0n) is 22.5. The molecule has 0 radical (unpaired) electrons. The van der Waals surface area contributed by atoms with Gasteiger partial charge in [-0.25, -0.2) is 0 Å². The number of fused-ring (bicyclic) bond motifs is 2. The molecule has 0 bridgehead atoms. The van der Waals surface area contributed by atoms with Crippen molar-refractivity contribution in [2.24, 2.45) is 5.92 Å². The Labute approximate surface area is 237 Å². The van der Waals surface area contributed by atoms with Crippen molar-refractivity contribution in [1.29, 1.82) is 0 Å². The number of rotatable bonds is 5. The molecule has 2 aliphatic rings. The molecule has 202 valence electrons. The second-order valence-corrected chi connectivity index (χ2v) is 11.9. The number of aromatic nitrogens is 2. The number of anilines is 1. The Morgan fingerprint density at radius 1 is 0.875 bits per heavy atom. The van der Waals surface area contributed by atoms with Gasteiger partial charge in [-0.2, -0.15) is 0 Å². The van der Waals surface area contributed by atoms with Crippen LogP contribution in [0.2, 0.25) is 0 Å². The number of para-hydroxylation sites is 2. The SMILES string of the molecule is CSc1cccc(N2C[C@H](C(=O)N3CCC(c4c[nH]c5ccccc45)(c4c[nH]c5ccccc45)CC3)CC2=O)c1. The van der Waals surface area contributed by atoms with E-state index in [1.54, 1.807) is 16.7 Å². The molecule has 6 nitrogen and oxygen atoms in total. The van der Waals surface area contributed by atoms with Crippen molar-refractivity contribution in [3.05, 3.63) is 96.3 Å². The molecule has 0 spiro atoms. The van der Waals surface area contributed by atoms with E-state index in [2.05, 4.69) is 70.9 Å². The molecule has 40 heavy (non-hydrogen) atoms. The lowest BCUT2D eigenvalue weighted by molar-refractivity contribution is -0.137. The van der Waals surface area contributed by atoms with E-state index < -0.39 is 0 Å². The van der Waals surface area contributed by atoms with Crippen LogP contribution in [0.25, 0.3) is 21.8 Å². The summed E-state index contributed by atoms with van der Waals surface area (Å²) in [5.74, 6) is -0.178. The van der Waals surface area contributed by atoms with Gasteiger partial charge < -0.3 is 19.8 Å². The van der Waals surface area contributed by atoms with Crippen molar-refractivity contribution >= 4 is 51.1 Å². The van der Waals surface area contributed by atoms with Crippen molar-refractivity contribution in [2.45, 2.75) is 29.6 Å². The Morgan fingerprint density at radius 3 is 2.12 bits per heavy atom. The fourth-order valence-electron chi connectivity index (χ4n) is 6.89. The summed E-state index contributed by atoms with van der Waals surface area (Å²) in [6, 6.07) is 25.0. The highest BCUT2D eigenvalue weighted by atomic mass is 32.2. The second kappa shape index (κ2) is 9.89. The minimum absolute atomic E-state index is 0.0283. The third-order valence-electron chi connectivity index (χ3n) is 8.98. The van der Waals surface area contributed by atoms with Crippen molar-refractivity contribution in [2.75, 3.05) is 30.8 Å². The first-order valence-electron chi connectivity index (χ1n) is 13.9. The lowest BCUT2D eigenvalue weighted by Gasteiger charge is -2.43. The number of nitrogens with one attached hydrogen (secondary N) is 2. The molecule has 0 unspecified atom stereocenters. The van der Waals surface area contributed by atoms with Crippen molar-refractivity contribution in [3.63, 3.8) is 0 Å². The molecule has 2 aromatic heterocycles. The van der Waals surface area contributed by atoms with Gasteiger partial charge >= 0.3 is 0 Å². The van der Waals surface area contributed by atoms with Crippen LogP contribution in [-0.2, 0) is 15.0 Å². The summed E-state index contributed by atoms with van der Waals surface area (Å²) in [7, 11) is 0. The van der Waals surface area contributed by atoms with Crippen LogP contribution < -0.4 is 4.90 Å². The first-order valence-corrected chi connectivity index (χ1v) is 15.2. The van der Waals surface area contributed by atoms with E-state index >= 15 is 0 Å². The number of aromatic amines is 2. The van der Waals surface area contributed by atoms with Crippen molar-refractivity contribution in [1.82, 2.24) is 14.9 Å². The number of benzene rings is 3. The molecular formula is C33H32N4O2S. The third kappa shape index (κ3) is 4.03. The zero-order valence-corrected chi connectivity index (χ0v) is 23.3. The molecule has 4 heterocycles. The predicted octanol–water partition coefficient (Wildman–Crippen LogP) is 6.33. The Hall–Kier alpha value is -3.97. The molecule has 2 N–H and O–H groups in total. The Balaban J connectivity index is 1.17. The van der Waals surface area contributed by atoms with E-state index in [0.717, 1.165) is 34.5 Å². The number of carbonyl (C=O) groups is 2. The molecule has 0 saturated carbocycles. The van der Waals surface area contributed by atoms with E-state index in [1.165, 1.54) is 21.9 Å². The lowest BCUT2D eigenvalue weighted by atomic mass is 9.67. The van der Waals surface area contributed by atoms with E-state index in [0.29, 0.717) is 19.6 Å². The molecule has 2 fully saturated rings. The van der Waals surface area contributed by atoms with Crippen LogP contribution in [0, 0.1) is 5.92 Å². The summed E-state index contributed by atoms with van der Waals surface area (Å²) in [4.78, 5) is 38.7. The van der Waals surface area contributed by atoms with Gasteiger partial charge in [0, 0.05) is 76.3 Å². The quantitative estimate of drug-likeness (QED) is 0.252. The fourth-order valence-corrected chi connectivity index (χ4v) is 7.34. The van der Waals surface area contributed by atoms with E-state index in [9.17, 15) is 9.59 Å². The van der Waals surface area contributed by atoms with Crippen LogP contribution in [-0.4, -0.2) is 52.6 Å². The molecule has 2 aliphatic heterocycles. The molecule has 0 aliphatic carbocycles. The number of H-pyrrole nitrogens is 2. The number of carbonyl (C=O) groups excluding carboxylic acids is 2. The van der Waals surface area contributed by atoms with Gasteiger partial charge in [0.05, 0.1) is 5.92 Å². The monoisotopic (exact) mass is 548 g/mol. The molecule has 2 saturated heterocycles. The highest BCUT2D eigenvalue weighted by molar-refractivity contribution is 7.98. The summed E-state index contributed by atoms with van der Waals surface area (Å²) in [5, 5.41) is 2.47. The summed E-state index contributed by atoms with van der Waals surface area (Å²) in [6.45, 7) is 1.76. The summed E-state index contributed by atoms with van der Waals surface area (Å²) >= 11 is 1.65. The van der Waals surface area contributed by atoms with Crippen molar-refractivity contribution in [3.8, 4) is 0 Å². The summed E-state index contributed by atoms with van der Waals surface area (Å²) in [5.41, 5.74) is 5.48. The van der Waals surface area contributed by atoms with Crippen LogP contribution in [0.1, 0.15) is 30.4 Å². The smallest absolute Gasteiger partial charge is 0.228 e. The summed E-state index contributed by atoms with van der Waals surface area (Å²) < 4.78 is 0. The largest absolute Gasteiger partial charge is 0.361 e. The third-order valence-corrected chi connectivity index (χ3v) is 9.70. The number of likely N-dealkylation sites (tertiary alicyclic amines) is 1. The summed E-state index contributed by atoms with van der Waals surface area (Å²) in [6.07, 6.45) is 8.28. The van der Waals surface area contributed by atoms with Gasteiger partial charge in [0.2, 0.25) is 11.8 Å². The number of amides is 2. The molecule has 3 aromatic carbocycles. The number of hydrogen-bond donors (Lipinski definition) is 2. The number of piperidine rings is 1. The number of hydrogen-bond acceptors (Lipinski definition) is 3. The average molecular weight is 549 g/mol. The number of thioether (sulfide) groups is 1. The van der Waals surface area contributed by atoms with Crippen LogP contribution in [0.15, 0.2) is 90.1 Å². The highest BCUT2D eigenvalue weighted by Crippen LogP contribution is 2.47. The standard InChI is InChI=1S/C33H32N4O2S/c1-40-24-8-6-7-23(18-24)37-21-22(17-31(37)38)32(39)36-15-13-33(14-16-36,27-19-34-29-11-4-2-9-25(27)29)28-20-35-30-12-5-3-10-26(28)30/h2-12,18-20,22,34-35H,13-17,21H2,1H3/t22-/m1/s1. The minimum Gasteiger partial charge on any atom is -0.361 e. The van der Waals surface area contributed by atoms with E-state index in [-0.39, 0.29) is 29.6 Å². The highest BCUT2D eigenvalue weighted by Gasteiger charge is 2.44. The van der Waals surface area contributed by atoms with Gasteiger partial charge in [-0.15, -0.1) is 11.8 Å². The van der Waals surface area contributed by atoms with Gasteiger partial charge in [-0.05, 0) is 60.6 Å². The molecule has 2 amide bonds. The predicted molar refractivity (Wildman–Crippen MR) is 162 cm³/mol. The molecule has 7 heteroatoms. The van der Waals surface area contributed by atoms with Crippen LogP contribution >= 0.6 is 11.8 Å². The van der Waals surface area contributed by atoms with Crippen molar-refractivity contribution < 1.29 is 9.59 Å². The van der Waals surface area contributed by atoms with Gasteiger partial charge in [0.1, 0.15) is 0 Å². The lowest BCUT2D eigenvalue weighted by Crippen LogP contribution is -2.47. The average Bonchev–Trinajstić information content (AvgIpc) is 3.74. The van der Waals surface area contributed by atoms with Gasteiger partial charge in [0.25, 0.3) is 0 Å². The van der Waals surface area contributed by atoms with Gasteiger partial charge in [-0.3, -0.25) is 9.59 Å². The van der Waals surface area contributed by atoms with Gasteiger partial charge in [0.15, 0.2) is 0 Å². The maximum atomic E-state index is 13.8. The maximum Gasteiger partial charge on any atom is 0.228 e. The van der Waals surface area contributed by atoms with Crippen LogP contribution in [0.3, 0.4) is 0 Å². The number of nitrogens with zero attached hydrogens (tertiary/aromatic N) is 2. The zero-order chi connectivity index (χ0) is 27.3. The van der Waals surface area contributed by atoms with E-state index in [4.69, 9.17) is 0 Å². The Morgan fingerprint density at radius 2 is 1.50 bits per heavy atom.